The van der Waals surface area contributed by atoms with Crippen LogP contribution in [0.5, 0.6) is 0 Å². The van der Waals surface area contributed by atoms with E-state index < -0.39 is 11.2 Å². The van der Waals surface area contributed by atoms with Crippen molar-refractivity contribution in [2.45, 2.75) is 65.3 Å². The number of nitrogens with one attached hydrogen (secondary N) is 2. The van der Waals surface area contributed by atoms with Crippen LogP contribution >= 0.6 is 0 Å². The third kappa shape index (κ3) is 5.91. The summed E-state index contributed by atoms with van der Waals surface area (Å²) in [6, 6.07) is 6.59. The Morgan fingerprint density at radius 1 is 1.09 bits per heavy atom. The number of rotatable bonds is 11. The zero-order valence-electron chi connectivity index (χ0n) is 19.4. The topological polar surface area (TPSA) is 130 Å². The molecule has 0 saturated heterocycles. The third-order valence-corrected chi connectivity index (χ3v) is 5.80. The fourth-order valence-electron chi connectivity index (χ4n) is 3.65. The van der Waals surface area contributed by atoms with Gasteiger partial charge in [-0.3, -0.25) is 23.9 Å². The Bertz CT molecular complexity index is 1100. The molecule has 0 unspecified atom stereocenters. The highest BCUT2D eigenvalue weighted by molar-refractivity contribution is 6.07. The van der Waals surface area contributed by atoms with E-state index in [2.05, 4.69) is 10.3 Å². The molecule has 0 radical (unpaired) electrons. The van der Waals surface area contributed by atoms with Crippen molar-refractivity contribution >= 4 is 29.0 Å². The fourth-order valence-corrected chi connectivity index (χ4v) is 3.65. The Hall–Kier alpha value is -3.36. The third-order valence-electron chi connectivity index (χ3n) is 5.80. The summed E-state index contributed by atoms with van der Waals surface area (Å²) in [6.07, 6.45) is 5.89. The fraction of sp³-hybridized carbons (Fsp3) is 0.500. The van der Waals surface area contributed by atoms with Gasteiger partial charge >= 0.3 is 5.69 Å². The lowest BCUT2D eigenvalue weighted by molar-refractivity contribution is -0.117. The molecule has 2 aromatic rings. The molecule has 1 saturated carbocycles. The van der Waals surface area contributed by atoms with E-state index >= 15 is 0 Å². The number of hydrogen-bond acceptors (Lipinski definition) is 5. The van der Waals surface area contributed by atoms with Crippen LogP contribution in [0.4, 0.5) is 17.2 Å². The molecule has 1 fully saturated rings. The average Bonchev–Trinajstić information content (AvgIpc) is 3.63. The van der Waals surface area contributed by atoms with Crippen LogP contribution in [0.2, 0.25) is 0 Å². The molecule has 0 aliphatic heterocycles. The van der Waals surface area contributed by atoms with Crippen molar-refractivity contribution in [3.63, 3.8) is 0 Å². The van der Waals surface area contributed by atoms with Crippen molar-refractivity contribution in [3.05, 3.63) is 50.7 Å². The predicted octanol–water partition coefficient (Wildman–Crippen LogP) is 3.10. The maximum atomic E-state index is 13.4. The molecule has 1 aliphatic rings. The second-order valence-corrected chi connectivity index (χ2v) is 8.50. The monoisotopic (exact) mass is 455 g/mol. The van der Waals surface area contributed by atoms with Crippen LogP contribution < -0.4 is 27.2 Å². The second-order valence-electron chi connectivity index (χ2n) is 8.50. The highest BCUT2D eigenvalue weighted by Gasteiger charge is 2.29. The minimum atomic E-state index is -0.677. The molecule has 1 aromatic carbocycles. The van der Waals surface area contributed by atoms with Crippen LogP contribution in [-0.4, -0.2) is 27.9 Å². The van der Waals surface area contributed by atoms with Gasteiger partial charge in [0.2, 0.25) is 5.91 Å². The predicted molar refractivity (Wildman–Crippen MR) is 130 cm³/mol. The molecule has 1 aliphatic carbocycles. The summed E-state index contributed by atoms with van der Waals surface area (Å²) < 4.78 is 1.32. The van der Waals surface area contributed by atoms with Crippen molar-refractivity contribution in [2.75, 3.05) is 22.5 Å². The van der Waals surface area contributed by atoms with Gasteiger partial charge in [0, 0.05) is 30.3 Å². The first-order valence-electron chi connectivity index (χ1n) is 11.7. The van der Waals surface area contributed by atoms with Crippen LogP contribution in [0.25, 0.3) is 0 Å². The van der Waals surface area contributed by atoms with Gasteiger partial charge in [0.05, 0.1) is 0 Å². The van der Waals surface area contributed by atoms with Crippen molar-refractivity contribution < 1.29 is 9.59 Å². The Balaban J connectivity index is 1.92. The van der Waals surface area contributed by atoms with E-state index in [0.717, 1.165) is 32.1 Å². The van der Waals surface area contributed by atoms with E-state index in [-0.39, 0.29) is 29.2 Å². The van der Waals surface area contributed by atoms with E-state index in [1.165, 1.54) is 9.47 Å². The van der Waals surface area contributed by atoms with E-state index in [1.54, 1.807) is 24.3 Å². The van der Waals surface area contributed by atoms with E-state index in [9.17, 15) is 19.2 Å². The summed E-state index contributed by atoms with van der Waals surface area (Å²) in [4.78, 5) is 54.2. The van der Waals surface area contributed by atoms with Crippen LogP contribution in [0.3, 0.4) is 0 Å². The van der Waals surface area contributed by atoms with Crippen LogP contribution in [0, 0.1) is 5.92 Å². The van der Waals surface area contributed by atoms with Crippen molar-refractivity contribution in [3.8, 4) is 0 Å². The summed E-state index contributed by atoms with van der Waals surface area (Å²) in [6.45, 7) is 4.70. The quantitative estimate of drug-likeness (QED) is 0.448. The molecular weight excluding hydrogens is 422 g/mol. The first-order chi connectivity index (χ1) is 15.9. The van der Waals surface area contributed by atoms with Crippen molar-refractivity contribution in [1.82, 2.24) is 9.55 Å². The SMILES string of the molecule is CCCCCN(C(=O)c1ccc(NC(=O)C2CC2)cc1)c1c(N)n(CCCC)c(=O)[nH]c1=O. The number of carbonyl (C=O) groups is 2. The van der Waals surface area contributed by atoms with Crippen molar-refractivity contribution in [1.29, 1.82) is 0 Å². The maximum absolute atomic E-state index is 13.4. The lowest BCUT2D eigenvalue weighted by atomic mass is 10.1. The van der Waals surface area contributed by atoms with Gasteiger partial charge in [-0.25, -0.2) is 4.79 Å². The molecule has 0 atom stereocenters. The summed E-state index contributed by atoms with van der Waals surface area (Å²) in [5, 5.41) is 2.85. The number of amides is 2. The number of benzene rings is 1. The highest BCUT2D eigenvalue weighted by atomic mass is 16.2. The number of anilines is 3. The van der Waals surface area contributed by atoms with E-state index in [4.69, 9.17) is 5.73 Å². The van der Waals surface area contributed by atoms with Gasteiger partial charge in [0.1, 0.15) is 5.82 Å². The molecule has 1 aromatic heterocycles. The van der Waals surface area contributed by atoms with Crippen LogP contribution in [-0.2, 0) is 11.3 Å². The lowest BCUT2D eigenvalue weighted by Gasteiger charge is -2.25. The zero-order chi connectivity index (χ0) is 24.0. The molecule has 9 nitrogen and oxygen atoms in total. The first-order valence-corrected chi connectivity index (χ1v) is 11.7. The van der Waals surface area contributed by atoms with Crippen LogP contribution in [0.15, 0.2) is 33.9 Å². The Morgan fingerprint density at radius 3 is 2.36 bits per heavy atom. The number of carbonyl (C=O) groups excluding carboxylic acids is 2. The number of nitrogens with zero attached hydrogens (tertiary/aromatic N) is 2. The van der Waals surface area contributed by atoms with Gasteiger partial charge in [-0.2, -0.15) is 0 Å². The molecule has 33 heavy (non-hydrogen) atoms. The molecule has 1 heterocycles. The molecule has 0 bridgehead atoms. The molecule has 2 amide bonds. The summed E-state index contributed by atoms with van der Waals surface area (Å²) in [5.41, 5.74) is 5.98. The minimum absolute atomic E-state index is 0.00193. The number of aromatic nitrogens is 2. The maximum Gasteiger partial charge on any atom is 0.330 e. The second kappa shape index (κ2) is 11.0. The van der Waals surface area contributed by atoms with Gasteiger partial charge in [-0.1, -0.05) is 33.1 Å². The number of hydrogen-bond donors (Lipinski definition) is 3. The van der Waals surface area contributed by atoms with E-state index in [1.807, 2.05) is 13.8 Å². The highest BCUT2D eigenvalue weighted by Crippen LogP contribution is 2.30. The molecule has 0 spiro atoms. The van der Waals surface area contributed by atoms with Gasteiger partial charge in [0.25, 0.3) is 11.5 Å². The largest absolute Gasteiger partial charge is 0.383 e. The number of nitrogen functional groups attached to an aromatic ring is 1. The van der Waals surface area contributed by atoms with E-state index in [0.29, 0.717) is 37.2 Å². The normalized spacial score (nSPS) is 13.0. The number of aromatic amines is 1. The molecule has 4 N–H and O–H groups in total. The van der Waals surface area contributed by atoms with Crippen molar-refractivity contribution in [2.24, 2.45) is 5.92 Å². The van der Waals surface area contributed by atoms with Gasteiger partial charge in [0.15, 0.2) is 5.69 Å². The molecule has 178 valence electrons. The number of H-pyrrole nitrogens is 1. The molecule has 9 heteroatoms. The Morgan fingerprint density at radius 2 is 1.76 bits per heavy atom. The number of nitrogens with two attached hydrogens (primary N) is 1. The molecule has 3 rings (SSSR count). The molecular formula is C24H33N5O4. The lowest BCUT2D eigenvalue weighted by Crippen LogP contribution is -2.41. The minimum Gasteiger partial charge on any atom is -0.383 e. The first kappa shape index (κ1) is 24.3. The Labute approximate surface area is 193 Å². The van der Waals surface area contributed by atoms with Gasteiger partial charge in [-0.15, -0.1) is 0 Å². The van der Waals surface area contributed by atoms with Crippen LogP contribution in [0.1, 0.15) is 69.2 Å². The standard InChI is InChI=1S/C24H33N5O4/c1-3-5-7-15-28(19-20(25)29(14-6-4-2)24(33)27-22(19)31)23(32)17-10-12-18(13-11-17)26-21(30)16-8-9-16/h10-13,16H,3-9,14-15,25H2,1-2H3,(H,26,30)(H,27,31,33). The zero-order valence-corrected chi connectivity index (χ0v) is 19.4. The summed E-state index contributed by atoms with van der Waals surface area (Å²) in [5.74, 6) is -0.318. The number of unbranched alkanes of at least 4 members (excludes halogenated alkanes) is 3. The van der Waals surface area contributed by atoms with Gasteiger partial charge in [-0.05, 0) is 49.9 Å². The summed E-state index contributed by atoms with van der Waals surface area (Å²) >= 11 is 0. The Kier molecular flexibility index (Phi) is 8.08. The summed E-state index contributed by atoms with van der Waals surface area (Å²) in [7, 11) is 0. The van der Waals surface area contributed by atoms with Gasteiger partial charge < -0.3 is 16.0 Å². The average molecular weight is 456 g/mol. The smallest absolute Gasteiger partial charge is 0.330 e.